The first kappa shape index (κ1) is 14.6. The molecule has 3 rings (SSSR count). The van der Waals surface area contributed by atoms with Crippen molar-refractivity contribution in [3.05, 3.63) is 40.3 Å². The van der Waals surface area contributed by atoms with Crippen molar-refractivity contribution in [2.45, 2.75) is 25.8 Å². The lowest BCUT2D eigenvalue weighted by Crippen LogP contribution is -2.32. The van der Waals surface area contributed by atoms with Gasteiger partial charge < -0.3 is 10.5 Å². The topological polar surface area (TPSA) is 60.5 Å². The van der Waals surface area contributed by atoms with Gasteiger partial charge in [-0.1, -0.05) is 5.92 Å². The SMILES string of the molecule is CC#Cc1cncc(-c2csc(C3(C)CCOC(N)=N3)c2)c1. The Morgan fingerprint density at radius 3 is 2.95 bits per heavy atom. The minimum absolute atomic E-state index is 0.269. The van der Waals surface area contributed by atoms with E-state index in [1.165, 1.54) is 4.88 Å². The van der Waals surface area contributed by atoms with Crippen molar-refractivity contribution in [3.63, 3.8) is 0 Å². The maximum Gasteiger partial charge on any atom is 0.282 e. The van der Waals surface area contributed by atoms with Crippen LogP contribution in [0.1, 0.15) is 30.7 Å². The van der Waals surface area contributed by atoms with E-state index in [2.05, 4.69) is 46.3 Å². The minimum Gasteiger partial charge on any atom is -0.465 e. The van der Waals surface area contributed by atoms with Crippen LogP contribution in [0.2, 0.25) is 0 Å². The summed E-state index contributed by atoms with van der Waals surface area (Å²) in [6.45, 7) is 4.52. The van der Waals surface area contributed by atoms with Gasteiger partial charge in [-0.25, -0.2) is 4.99 Å². The third kappa shape index (κ3) is 2.83. The largest absolute Gasteiger partial charge is 0.465 e. The van der Waals surface area contributed by atoms with Gasteiger partial charge in [-0.3, -0.25) is 4.98 Å². The zero-order valence-corrected chi connectivity index (χ0v) is 13.4. The van der Waals surface area contributed by atoms with E-state index in [-0.39, 0.29) is 11.6 Å². The number of ether oxygens (including phenoxy) is 1. The van der Waals surface area contributed by atoms with Crippen LogP contribution in [0.5, 0.6) is 0 Å². The van der Waals surface area contributed by atoms with Gasteiger partial charge in [0.15, 0.2) is 0 Å². The van der Waals surface area contributed by atoms with Crippen LogP contribution in [0.3, 0.4) is 0 Å². The first-order valence-corrected chi connectivity index (χ1v) is 7.94. The maximum atomic E-state index is 5.73. The molecule has 1 atom stereocenters. The van der Waals surface area contributed by atoms with Gasteiger partial charge in [0.2, 0.25) is 0 Å². The second kappa shape index (κ2) is 5.82. The molecule has 0 saturated carbocycles. The van der Waals surface area contributed by atoms with Gasteiger partial charge in [0.1, 0.15) is 5.54 Å². The molecule has 3 heterocycles. The summed E-state index contributed by atoms with van der Waals surface area (Å²) < 4.78 is 5.24. The van der Waals surface area contributed by atoms with Gasteiger partial charge in [-0.2, -0.15) is 0 Å². The molecule has 5 heteroatoms. The lowest BCUT2D eigenvalue weighted by atomic mass is 9.95. The summed E-state index contributed by atoms with van der Waals surface area (Å²) in [7, 11) is 0. The van der Waals surface area contributed by atoms with E-state index in [0.29, 0.717) is 6.61 Å². The van der Waals surface area contributed by atoms with Crippen molar-refractivity contribution in [2.75, 3.05) is 6.61 Å². The van der Waals surface area contributed by atoms with Crippen molar-refractivity contribution in [1.29, 1.82) is 0 Å². The summed E-state index contributed by atoms with van der Waals surface area (Å²) in [6.07, 6.45) is 4.46. The van der Waals surface area contributed by atoms with E-state index >= 15 is 0 Å². The van der Waals surface area contributed by atoms with Gasteiger partial charge in [-0.15, -0.1) is 17.3 Å². The third-order valence-corrected chi connectivity index (χ3v) is 4.85. The Hall–Kier alpha value is -2.32. The van der Waals surface area contributed by atoms with Crippen LogP contribution < -0.4 is 5.73 Å². The first-order valence-electron chi connectivity index (χ1n) is 7.06. The average molecular weight is 311 g/mol. The van der Waals surface area contributed by atoms with E-state index in [0.717, 1.165) is 23.1 Å². The molecule has 0 bridgehead atoms. The Morgan fingerprint density at radius 2 is 2.18 bits per heavy atom. The second-order valence-corrected chi connectivity index (χ2v) is 6.27. The average Bonchev–Trinajstić information content (AvgIpc) is 2.98. The van der Waals surface area contributed by atoms with Crippen LogP contribution in [0.25, 0.3) is 11.1 Å². The number of nitrogens with two attached hydrogens (primary N) is 1. The molecule has 22 heavy (non-hydrogen) atoms. The smallest absolute Gasteiger partial charge is 0.282 e. The number of hydrogen-bond acceptors (Lipinski definition) is 5. The fourth-order valence-corrected chi connectivity index (χ4v) is 3.50. The molecule has 1 aliphatic rings. The van der Waals surface area contributed by atoms with Gasteiger partial charge in [0.05, 0.1) is 6.61 Å². The maximum absolute atomic E-state index is 5.73. The number of pyridine rings is 1. The van der Waals surface area contributed by atoms with Crippen molar-refractivity contribution in [3.8, 4) is 23.0 Å². The Kier molecular flexibility index (Phi) is 3.86. The number of aromatic nitrogens is 1. The fourth-order valence-electron chi connectivity index (χ4n) is 2.44. The molecule has 0 aromatic carbocycles. The van der Waals surface area contributed by atoms with E-state index in [1.54, 1.807) is 17.5 Å². The standard InChI is InChI=1S/C17H17N3OS/c1-3-4-12-7-13(10-19-9-12)14-8-15(22-11-14)17(2)5-6-21-16(18)20-17/h7-11H,5-6H2,1-2H3,(H2,18,20). The molecule has 2 aromatic heterocycles. The summed E-state index contributed by atoms with van der Waals surface area (Å²) in [6, 6.07) is 4.48. The highest BCUT2D eigenvalue weighted by Crippen LogP contribution is 2.38. The molecule has 0 spiro atoms. The van der Waals surface area contributed by atoms with E-state index < -0.39 is 0 Å². The molecule has 2 N–H and O–H groups in total. The summed E-state index contributed by atoms with van der Waals surface area (Å²) in [5.41, 5.74) is 8.54. The first-order chi connectivity index (χ1) is 10.6. The Labute approximate surface area is 134 Å². The monoisotopic (exact) mass is 311 g/mol. The summed E-state index contributed by atoms with van der Waals surface area (Å²) in [5, 5.41) is 2.13. The molecule has 2 aromatic rings. The van der Waals surface area contributed by atoms with Crippen molar-refractivity contribution in [1.82, 2.24) is 4.98 Å². The minimum atomic E-state index is -0.306. The number of amidine groups is 1. The van der Waals surface area contributed by atoms with Crippen LogP contribution in [-0.4, -0.2) is 17.6 Å². The van der Waals surface area contributed by atoms with E-state index in [9.17, 15) is 0 Å². The molecule has 4 nitrogen and oxygen atoms in total. The van der Waals surface area contributed by atoms with Crippen LogP contribution in [0.4, 0.5) is 0 Å². The molecule has 1 aliphatic heterocycles. The number of aliphatic imine (C=N–C) groups is 1. The molecule has 0 saturated heterocycles. The quantitative estimate of drug-likeness (QED) is 0.867. The van der Waals surface area contributed by atoms with Gasteiger partial charge >= 0.3 is 0 Å². The van der Waals surface area contributed by atoms with Gasteiger partial charge in [0, 0.05) is 34.8 Å². The Balaban J connectivity index is 1.95. The molecule has 0 radical (unpaired) electrons. The van der Waals surface area contributed by atoms with E-state index in [4.69, 9.17) is 10.5 Å². The number of thiophene rings is 1. The lowest BCUT2D eigenvalue weighted by molar-refractivity contribution is 0.220. The van der Waals surface area contributed by atoms with Gasteiger partial charge in [0.25, 0.3) is 6.02 Å². The molecule has 0 amide bonds. The van der Waals surface area contributed by atoms with Crippen LogP contribution >= 0.6 is 11.3 Å². The van der Waals surface area contributed by atoms with Crippen molar-refractivity contribution < 1.29 is 4.74 Å². The molecule has 0 fully saturated rings. The lowest BCUT2D eigenvalue weighted by Gasteiger charge is -2.28. The summed E-state index contributed by atoms with van der Waals surface area (Å²) >= 11 is 1.69. The van der Waals surface area contributed by atoms with Crippen LogP contribution in [0, 0.1) is 11.8 Å². The normalized spacial score (nSPS) is 20.5. The highest BCUT2D eigenvalue weighted by molar-refractivity contribution is 7.10. The van der Waals surface area contributed by atoms with Crippen LogP contribution in [0.15, 0.2) is 34.9 Å². The number of nitrogens with zero attached hydrogens (tertiary/aromatic N) is 2. The Morgan fingerprint density at radius 1 is 1.32 bits per heavy atom. The zero-order valence-electron chi connectivity index (χ0n) is 12.6. The van der Waals surface area contributed by atoms with Crippen LogP contribution in [-0.2, 0) is 10.3 Å². The van der Waals surface area contributed by atoms with Crippen molar-refractivity contribution >= 4 is 17.4 Å². The molecule has 112 valence electrons. The summed E-state index contributed by atoms with van der Waals surface area (Å²) in [4.78, 5) is 9.93. The van der Waals surface area contributed by atoms with E-state index in [1.807, 2.05) is 13.1 Å². The fraction of sp³-hybridized carbons (Fsp3) is 0.294. The predicted molar refractivity (Wildman–Crippen MR) is 89.6 cm³/mol. The molecular weight excluding hydrogens is 294 g/mol. The highest BCUT2D eigenvalue weighted by atomic mass is 32.1. The third-order valence-electron chi connectivity index (χ3n) is 3.67. The van der Waals surface area contributed by atoms with Gasteiger partial charge in [-0.05, 0) is 36.9 Å². The Bertz CT molecular complexity index is 784. The summed E-state index contributed by atoms with van der Waals surface area (Å²) in [5.74, 6) is 5.93. The van der Waals surface area contributed by atoms with Crippen molar-refractivity contribution in [2.24, 2.45) is 10.7 Å². The number of rotatable bonds is 2. The molecule has 0 aliphatic carbocycles. The highest BCUT2D eigenvalue weighted by Gasteiger charge is 2.31. The second-order valence-electron chi connectivity index (χ2n) is 5.36. The molecule has 1 unspecified atom stereocenters. The zero-order chi connectivity index (χ0) is 15.6. The molecular formula is C17H17N3OS. The predicted octanol–water partition coefficient (Wildman–Crippen LogP) is 3.13. The number of hydrogen-bond donors (Lipinski definition) is 1.